The van der Waals surface area contributed by atoms with E-state index in [1.54, 1.807) is 4.52 Å². The molecule has 30 heavy (non-hydrogen) atoms. The molecule has 6 nitrogen and oxygen atoms in total. The molecule has 1 aromatic carbocycles. The normalized spacial score (nSPS) is 18.7. The molecule has 4 aromatic rings. The van der Waals surface area contributed by atoms with Crippen molar-refractivity contribution in [3.05, 3.63) is 75.1 Å². The molecule has 0 aliphatic carbocycles. The Balaban J connectivity index is 1.65. The standard InChI is InChI=1S/C22H22BrN5OS/c1-14-25-22-28(26-14)21(29)20(30-22)19(15-7-9-17(23)10-8-15)27-12-3-2-6-18(27)16-5-4-11-24-13-16/h4-5,7-11,13,18-19,29H,2-3,6,12H2,1H3. The molecule has 1 aliphatic heterocycles. The second-order valence-corrected chi connectivity index (χ2v) is 9.56. The molecule has 0 radical (unpaired) electrons. The van der Waals surface area contributed by atoms with Gasteiger partial charge < -0.3 is 5.11 Å². The number of benzene rings is 1. The van der Waals surface area contributed by atoms with Crippen LogP contribution in [0, 0.1) is 6.92 Å². The van der Waals surface area contributed by atoms with E-state index in [-0.39, 0.29) is 18.0 Å². The number of hydrogen-bond donors (Lipinski definition) is 1. The fourth-order valence-electron chi connectivity index (χ4n) is 4.36. The van der Waals surface area contributed by atoms with E-state index in [2.05, 4.69) is 66.2 Å². The Hall–Kier alpha value is -2.29. The molecule has 4 heterocycles. The number of thiazole rings is 1. The minimum Gasteiger partial charge on any atom is -0.492 e. The van der Waals surface area contributed by atoms with Crippen LogP contribution >= 0.6 is 27.3 Å². The number of fused-ring (bicyclic) bond motifs is 1. The Kier molecular flexibility index (Phi) is 5.30. The number of pyridine rings is 1. The van der Waals surface area contributed by atoms with Crippen molar-refractivity contribution < 1.29 is 5.11 Å². The quantitative estimate of drug-likeness (QED) is 0.427. The van der Waals surface area contributed by atoms with Gasteiger partial charge in [0.15, 0.2) is 0 Å². The number of hydrogen-bond acceptors (Lipinski definition) is 6. The maximum atomic E-state index is 11.1. The summed E-state index contributed by atoms with van der Waals surface area (Å²) in [5.74, 6) is 0.841. The lowest BCUT2D eigenvalue weighted by Crippen LogP contribution is -2.37. The molecule has 1 fully saturated rings. The minimum absolute atomic E-state index is 0.0857. The van der Waals surface area contributed by atoms with Gasteiger partial charge in [-0.2, -0.15) is 4.52 Å². The highest BCUT2D eigenvalue weighted by Crippen LogP contribution is 2.45. The Morgan fingerprint density at radius 3 is 2.77 bits per heavy atom. The number of aromatic hydroxyl groups is 1. The number of nitrogens with zero attached hydrogens (tertiary/aromatic N) is 5. The Morgan fingerprint density at radius 1 is 1.20 bits per heavy atom. The number of piperidine rings is 1. The predicted molar refractivity (Wildman–Crippen MR) is 121 cm³/mol. The predicted octanol–water partition coefficient (Wildman–Crippen LogP) is 5.28. The van der Waals surface area contributed by atoms with Crippen molar-refractivity contribution in [2.75, 3.05) is 6.54 Å². The summed E-state index contributed by atoms with van der Waals surface area (Å²) in [5, 5.41) is 15.5. The topological polar surface area (TPSA) is 66.5 Å². The molecule has 0 saturated carbocycles. The third-order valence-corrected chi connectivity index (χ3v) is 7.29. The molecular formula is C22H22BrN5OS. The maximum absolute atomic E-state index is 11.1. The van der Waals surface area contributed by atoms with Crippen molar-refractivity contribution in [3.63, 3.8) is 0 Å². The summed E-state index contributed by atoms with van der Waals surface area (Å²) in [5.41, 5.74) is 2.36. The fraction of sp³-hybridized carbons (Fsp3) is 0.318. The van der Waals surface area contributed by atoms with Gasteiger partial charge in [0.2, 0.25) is 10.8 Å². The second kappa shape index (κ2) is 8.09. The van der Waals surface area contributed by atoms with Crippen LogP contribution in [-0.2, 0) is 0 Å². The number of rotatable bonds is 4. The summed E-state index contributed by atoms with van der Waals surface area (Å²) < 4.78 is 2.60. The molecule has 2 unspecified atom stereocenters. The van der Waals surface area contributed by atoms with Crippen LogP contribution < -0.4 is 0 Å². The Bertz CT molecular complexity index is 1160. The summed E-state index contributed by atoms with van der Waals surface area (Å²) in [4.78, 5) is 12.9. The van der Waals surface area contributed by atoms with Gasteiger partial charge in [-0.3, -0.25) is 9.88 Å². The molecule has 0 bridgehead atoms. The first-order chi connectivity index (χ1) is 14.6. The van der Waals surface area contributed by atoms with Gasteiger partial charge in [0.05, 0.1) is 10.9 Å². The molecule has 3 aromatic heterocycles. The highest BCUT2D eigenvalue weighted by molar-refractivity contribution is 9.10. The Morgan fingerprint density at radius 2 is 2.03 bits per heavy atom. The first-order valence-corrected chi connectivity index (χ1v) is 11.7. The van der Waals surface area contributed by atoms with E-state index in [0.29, 0.717) is 5.82 Å². The molecule has 0 amide bonds. The summed E-state index contributed by atoms with van der Waals surface area (Å²) >= 11 is 5.06. The summed E-state index contributed by atoms with van der Waals surface area (Å²) in [7, 11) is 0. The van der Waals surface area contributed by atoms with Crippen molar-refractivity contribution in [3.8, 4) is 5.88 Å². The van der Waals surface area contributed by atoms with E-state index >= 15 is 0 Å². The summed E-state index contributed by atoms with van der Waals surface area (Å²) in [6.45, 7) is 2.79. The first-order valence-electron chi connectivity index (χ1n) is 10.1. The molecule has 1 N–H and O–H groups in total. The summed E-state index contributed by atoms with van der Waals surface area (Å²) in [6.07, 6.45) is 7.16. The number of likely N-dealkylation sites (tertiary alicyclic amines) is 1. The zero-order chi connectivity index (χ0) is 20.7. The van der Waals surface area contributed by atoms with Gasteiger partial charge in [-0.25, -0.2) is 4.98 Å². The highest BCUT2D eigenvalue weighted by atomic mass is 79.9. The van der Waals surface area contributed by atoms with Gasteiger partial charge in [-0.15, -0.1) is 5.10 Å². The van der Waals surface area contributed by atoms with E-state index in [1.807, 2.05) is 25.4 Å². The zero-order valence-corrected chi connectivity index (χ0v) is 19.0. The van der Waals surface area contributed by atoms with Crippen molar-refractivity contribution in [2.45, 2.75) is 38.3 Å². The van der Waals surface area contributed by atoms with Crippen LogP contribution in [0.5, 0.6) is 5.88 Å². The summed E-state index contributed by atoms with van der Waals surface area (Å²) in [6, 6.07) is 12.7. The number of aryl methyl sites for hydroxylation is 1. The maximum Gasteiger partial charge on any atom is 0.230 e. The third kappa shape index (κ3) is 3.53. The Labute approximate surface area is 187 Å². The molecule has 0 spiro atoms. The number of aromatic nitrogens is 4. The van der Waals surface area contributed by atoms with Crippen LogP contribution in [0.3, 0.4) is 0 Å². The monoisotopic (exact) mass is 483 g/mol. The van der Waals surface area contributed by atoms with E-state index in [1.165, 1.54) is 23.3 Å². The molecule has 2 atom stereocenters. The molecular weight excluding hydrogens is 462 g/mol. The van der Waals surface area contributed by atoms with E-state index in [0.717, 1.165) is 39.3 Å². The largest absolute Gasteiger partial charge is 0.492 e. The van der Waals surface area contributed by atoms with E-state index < -0.39 is 0 Å². The van der Waals surface area contributed by atoms with E-state index in [9.17, 15) is 5.11 Å². The lowest BCUT2D eigenvalue weighted by Gasteiger charge is -2.41. The highest BCUT2D eigenvalue weighted by Gasteiger charge is 2.35. The van der Waals surface area contributed by atoms with Crippen LogP contribution in [0.15, 0.2) is 53.3 Å². The van der Waals surface area contributed by atoms with Gasteiger partial charge in [0.25, 0.3) is 0 Å². The van der Waals surface area contributed by atoms with Crippen LogP contribution in [0.4, 0.5) is 0 Å². The molecule has 1 aliphatic rings. The van der Waals surface area contributed by atoms with Gasteiger partial charge >= 0.3 is 0 Å². The molecule has 8 heteroatoms. The van der Waals surface area contributed by atoms with E-state index in [4.69, 9.17) is 0 Å². The van der Waals surface area contributed by atoms with Crippen LogP contribution in [0.25, 0.3) is 4.96 Å². The molecule has 5 rings (SSSR count). The van der Waals surface area contributed by atoms with Crippen molar-refractivity contribution in [1.29, 1.82) is 0 Å². The van der Waals surface area contributed by atoms with Gasteiger partial charge in [0, 0.05) is 22.9 Å². The van der Waals surface area contributed by atoms with Gasteiger partial charge in [-0.05, 0) is 55.6 Å². The van der Waals surface area contributed by atoms with Crippen molar-refractivity contribution >= 4 is 32.2 Å². The SMILES string of the molecule is Cc1nc2sc(C(c3ccc(Br)cc3)N3CCCCC3c3cccnc3)c(O)n2n1. The van der Waals surface area contributed by atoms with Gasteiger partial charge in [0.1, 0.15) is 5.82 Å². The number of halogens is 1. The van der Waals surface area contributed by atoms with Crippen LogP contribution in [0.2, 0.25) is 0 Å². The zero-order valence-electron chi connectivity index (χ0n) is 16.6. The first kappa shape index (κ1) is 19.7. The second-order valence-electron chi connectivity index (χ2n) is 7.63. The lowest BCUT2D eigenvalue weighted by atomic mass is 9.92. The van der Waals surface area contributed by atoms with Crippen molar-refractivity contribution in [2.24, 2.45) is 0 Å². The van der Waals surface area contributed by atoms with Gasteiger partial charge in [-0.1, -0.05) is 51.9 Å². The fourth-order valence-corrected chi connectivity index (χ4v) is 5.77. The lowest BCUT2D eigenvalue weighted by molar-refractivity contribution is 0.113. The molecule has 1 saturated heterocycles. The minimum atomic E-state index is -0.0857. The third-order valence-electron chi connectivity index (χ3n) is 5.68. The smallest absolute Gasteiger partial charge is 0.230 e. The average molecular weight is 484 g/mol. The molecule has 154 valence electrons. The average Bonchev–Trinajstić information content (AvgIpc) is 3.28. The van der Waals surface area contributed by atoms with Crippen LogP contribution in [-0.4, -0.2) is 36.1 Å². The van der Waals surface area contributed by atoms with Crippen LogP contribution in [0.1, 0.15) is 53.2 Å². The van der Waals surface area contributed by atoms with Crippen molar-refractivity contribution in [1.82, 2.24) is 24.5 Å².